The molecule has 9 nitrogen and oxygen atoms in total. The number of nitrogens with one attached hydrogen (secondary N) is 1. The number of ether oxygens (including phenoxy) is 2. The Morgan fingerprint density at radius 2 is 1.97 bits per heavy atom. The fourth-order valence-corrected chi connectivity index (χ4v) is 5.37. The van der Waals surface area contributed by atoms with Gasteiger partial charge in [0.25, 0.3) is 5.91 Å². The first-order valence-corrected chi connectivity index (χ1v) is 13.8. The van der Waals surface area contributed by atoms with Crippen molar-refractivity contribution in [3.63, 3.8) is 0 Å². The molecule has 0 unspecified atom stereocenters. The topological polar surface area (TPSA) is 93.0 Å². The lowest BCUT2D eigenvalue weighted by Crippen LogP contribution is -2.47. The number of rotatable bonds is 10. The summed E-state index contributed by atoms with van der Waals surface area (Å²) in [6, 6.07) is 12.3. The molecule has 1 amide bonds. The van der Waals surface area contributed by atoms with Gasteiger partial charge in [-0.05, 0) is 37.1 Å². The van der Waals surface area contributed by atoms with Crippen molar-refractivity contribution in [2.24, 2.45) is 0 Å². The third kappa shape index (κ3) is 6.64. The molecule has 0 saturated carbocycles. The Bertz CT molecular complexity index is 1230. The molecule has 202 valence electrons. The van der Waals surface area contributed by atoms with E-state index in [0.717, 1.165) is 31.0 Å². The molecule has 1 N–H and O–H groups in total. The number of thioether (sulfide) groups is 1. The fraction of sp³-hybridized carbons (Fsp3) is 0.444. The van der Waals surface area contributed by atoms with Gasteiger partial charge in [-0.2, -0.15) is 0 Å². The van der Waals surface area contributed by atoms with Gasteiger partial charge in [-0.15, -0.1) is 0 Å². The van der Waals surface area contributed by atoms with E-state index in [-0.39, 0.29) is 23.6 Å². The Kier molecular flexibility index (Phi) is 8.77. The number of anilines is 2. The highest BCUT2D eigenvalue weighted by Crippen LogP contribution is 2.26. The van der Waals surface area contributed by atoms with Crippen LogP contribution >= 0.6 is 11.8 Å². The first kappa shape index (κ1) is 26.5. The van der Waals surface area contributed by atoms with Crippen molar-refractivity contribution in [1.29, 1.82) is 0 Å². The van der Waals surface area contributed by atoms with Gasteiger partial charge in [0.15, 0.2) is 10.9 Å². The minimum Gasteiger partial charge on any atom is -0.455 e. The number of nitrogens with zero attached hydrogens (tertiary/aromatic N) is 4. The third-order valence-corrected chi connectivity index (χ3v) is 7.45. The summed E-state index contributed by atoms with van der Waals surface area (Å²) in [6.07, 6.45) is 2.07. The maximum Gasteiger partial charge on any atom is 0.287 e. The van der Waals surface area contributed by atoms with Gasteiger partial charge in [-0.25, -0.2) is 14.4 Å². The molecule has 0 aliphatic carbocycles. The minimum absolute atomic E-state index is 0.0807. The van der Waals surface area contributed by atoms with Crippen LogP contribution in [0.4, 0.5) is 15.9 Å². The number of methoxy groups -OCH3 is 1. The molecule has 38 heavy (non-hydrogen) atoms. The second-order valence-electron chi connectivity index (χ2n) is 9.26. The van der Waals surface area contributed by atoms with Crippen molar-refractivity contribution in [3.05, 3.63) is 65.5 Å². The standard InChI is InChI=1S/C27H32FN5O4S/c1-35-17-19-15-25(33-12-10-32(11-13-33)23-7-3-2-6-22(23)28)31-27(30-19)38-18-21-8-9-24(37-21)26(34)29-16-20-5-4-14-36-20/h2-3,6-9,15,20H,4-5,10-14,16-18H2,1H3,(H,29,34)/t20-/m0/s1. The number of aromatic nitrogens is 2. The van der Waals surface area contributed by atoms with Crippen LogP contribution in [0.3, 0.4) is 0 Å². The molecule has 2 fully saturated rings. The van der Waals surface area contributed by atoms with Crippen LogP contribution in [0.2, 0.25) is 0 Å². The molecular weight excluding hydrogens is 509 g/mol. The fourth-order valence-electron chi connectivity index (χ4n) is 4.60. The van der Waals surface area contributed by atoms with E-state index < -0.39 is 0 Å². The number of amides is 1. The Labute approximate surface area is 225 Å². The normalized spacial score (nSPS) is 17.7. The van der Waals surface area contributed by atoms with Gasteiger partial charge in [0.05, 0.1) is 29.8 Å². The molecular formula is C27H32FN5O4S. The van der Waals surface area contributed by atoms with E-state index in [2.05, 4.69) is 20.1 Å². The van der Waals surface area contributed by atoms with E-state index in [1.807, 2.05) is 18.2 Å². The average Bonchev–Trinajstić information content (AvgIpc) is 3.64. The van der Waals surface area contributed by atoms with Crippen LogP contribution in [-0.4, -0.2) is 68.4 Å². The van der Waals surface area contributed by atoms with E-state index in [1.54, 1.807) is 25.3 Å². The van der Waals surface area contributed by atoms with E-state index in [0.29, 0.717) is 61.7 Å². The molecule has 4 heterocycles. The van der Waals surface area contributed by atoms with Crippen LogP contribution < -0.4 is 15.1 Å². The highest BCUT2D eigenvalue weighted by atomic mass is 32.2. The summed E-state index contributed by atoms with van der Waals surface area (Å²) in [5.41, 5.74) is 1.41. The van der Waals surface area contributed by atoms with E-state index >= 15 is 0 Å². The average molecular weight is 542 g/mol. The van der Waals surface area contributed by atoms with Crippen molar-refractivity contribution >= 4 is 29.2 Å². The van der Waals surface area contributed by atoms with Crippen LogP contribution in [0.25, 0.3) is 0 Å². The second-order valence-corrected chi connectivity index (χ2v) is 10.2. The molecule has 0 radical (unpaired) electrons. The van der Waals surface area contributed by atoms with Gasteiger partial charge < -0.3 is 29.0 Å². The Morgan fingerprint density at radius 3 is 2.74 bits per heavy atom. The molecule has 2 saturated heterocycles. The van der Waals surface area contributed by atoms with Crippen molar-refractivity contribution in [2.45, 2.75) is 36.5 Å². The third-order valence-electron chi connectivity index (χ3n) is 6.58. The van der Waals surface area contributed by atoms with E-state index in [1.165, 1.54) is 17.8 Å². The molecule has 2 aliphatic rings. The number of para-hydroxylation sites is 1. The van der Waals surface area contributed by atoms with Gasteiger partial charge in [0, 0.05) is 52.5 Å². The van der Waals surface area contributed by atoms with Crippen molar-refractivity contribution < 1.29 is 23.1 Å². The van der Waals surface area contributed by atoms with Crippen LogP contribution in [0.5, 0.6) is 0 Å². The lowest BCUT2D eigenvalue weighted by molar-refractivity contribution is 0.0834. The van der Waals surface area contributed by atoms with Crippen LogP contribution in [0.1, 0.15) is 34.9 Å². The van der Waals surface area contributed by atoms with Crippen LogP contribution in [-0.2, 0) is 21.8 Å². The number of carbonyl (C=O) groups excluding carboxylic acids is 1. The highest BCUT2D eigenvalue weighted by Gasteiger charge is 2.22. The SMILES string of the molecule is COCc1cc(N2CCN(c3ccccc3F)CC2)nc(SCc2ccc(C(=O)NC[C@@H]3CCCO3)o2)n1. The zero-order valence-corrected chi connectivity index (χ0v) is 22.2. The maximum absolute atomic E-state index is 14.2. The molecule has 0 bridgehead atoms. The number of halogens is 1. The van der Waals surface area contributed by atoms with Gasteiger partial charge in [0.2, 0.25) is 0 Å². The van der Waals surface area contributed by atoms with Gasteiger partial charge in [-0.1, -0.05) is 23.9 Å². The molecule has 0 spiro atoms. The zero-order chi connectivity index (χ0) is 26.3. The summed E-state index contributed by atoms with van der Waals surface area (Å²) >= 11 is 1.44. The molecule has 5 rings (SSSR count). The monoisotopic (exact) mass is 541 g/mol. The molecule has 11 heteroatoms. The molecule has 2 aromatic heterocycles. The molecule has 1 atom stereocenters. The number of furan rings is 1. The number of hydrogen-bond donors (Lipinski definition) is 1. The summed E-state index contributed by atoms with van der Waals surface area (Å²) in [5.74, 6) is 1.79. The summed E-state index contributed by atoms with van der Waals surface area (Å²) < 4.78 is 30.9. The quantitative estimate of drug-likeness (QED) is 0.303. The lowest BCUT2D eigenvalue weighted by atomic mass is 10.2. The predicted molar refractivity (Wildman–Crippen MR) is 143 cm³/mol. The number of hydrogen-bond acceptors (Lipinski definition) is 9. The largest absolute Gasteiger partial charge is 0.455 e. The van der Waals surface area contributed by atoms with E-state index in [4.69, 9.17) is 18.9 Å². The number of benzene rings is 1. The minimum atomic E-state index is -0.244. The first-order valence-electron chi connectivity index (χ1n) is 12.8. The van der Waals surface area contributed by atoms with Crippen LogP contribution in [0, 0.1) is 5.82 Å². The van der Waals surface area contributed by atoms with Gasteiger partial charge in [0.1, 0.15) is 17.4 Å². The Hall–Kier alpha value is -3.15. The maximum atomic E-state index is 14.2. The Balaban J connectivity index is 1.19. The Morgan fingerprint density at radius 1 is 1.16 bits per heavy atom. The summed E-state index contributed by atoms with van der Waals surface area (Å²) in [4.78, 5) is 26.1. The predicted octanol–water partition coefficient (Wildman–Crippen LogP) is 3.88. The second kappa shape index (κ2) is 12.6. The molecule has 1 aromatic carbocycles. The molecule has 2 aliphatic heterocycles. The number of piperazine rings is 1. The number of carbonyl (C=O) groups is 1. The first-order chi connectivity index (χ1) is 18.6. The molecule has 3 aromatic rings. The lowest BCUT2D eigenvalue weighted by Gasteiger charge is -2.37. The van der Waals surface area contributed by atoms with Crippen molar-refractivity contribution in [2.75, 3.05) is 56.2 Å². The summed E-state index contributed by atoms with van der Waals surface area (Å²) in [7, 11) is 1.63. The van der Waals surface area contributed by atoms with Crippen molar-refractivity contribution in [3.8, 4) is 0 Å². The van der Waals surface area contributed by atoms with Crippen molar-refractivity contribution in [1.82, 2.24) is 15.3 Å². The van der Waals surface area contributed by atoms with E-state index in [9.17, 15) is 9.18 Å². The zero-order valence-electron chi connectivity index (χ0n) is 21.4. The van der Waals surface area contributed by atoms with Gasteiger partial charge in [-0.3, -0.25) is 4.79 Å². The van der Waals surface area contributed by atoms with Crippen LogP contribution in [0.15, 0.2) is 52.0 Å². The van der Waals surface area contributed by atoms with Gasteiger partial charge >= 0.3 is 0 Å². The highest BCUT2D eigenvalue weighted by molar-refractivity contribution is 7.98. The summed E-state index contributed by atoms with van der Waals surface area (Å²) in [6.45, 7) is 4.42. The smallest absolute Gasteiger partial charge is 0.287 e. The summed E-state index contributed by atoms with van der Waals surface area (Å²) in [5, 5.41) is 3.48.